The largest absolute Gasteiger partial charge is 0.494 e. The molecule has 2 rings (SSSR count). The number of guanidine groups is 1. The molecule has 2 aromatic carbocycles. The minimum atomic E-state index is -0.601. The number of rotatable bonds is 7. The SMILES string of the molecule is CN=C(NCC(c1c(F)cccc1F)N(C)C)NC(C)c1ccc(OC)c(F)c1.I. The van der Waals surface area contributed by atoms with Crippen molar-refractivity contribution >= 4 is 29.9 Å². The first-order chi connectivity index (χ1) is 13.8. The van der Waals surface area contributed by atoms with E-state index >= 15 is 0 Å². The third-order valence-corrected chi connectivity index (χ3v) is 4.67. The van der Waals surface area contributed by atoms with E-state index in [0.717, 1.165) is 0 Å². The number of benzene rings is 2. The topological polar surface area (TPSA) is 48.9 Å². The number of hydrogen-bond acceptors (Lipinski definition) is 3. The van der Waals surface area contributed by atoms with Crippen molar-refractivity contribution in [2.45, 2.75) is 19.0 Å². The number of hydrogen-bond donors (Lipinski definition) is 2. The molecule has 0 fully saturated rings. The molecule has 0 aliphatic carbocycles. The lowest BCUT2D eigenvalue weighted by atomic mass is 10.0. The molecule has 0 saturated heterocycles. The summed E-state index contributed by atoms with van der Waals surface area (Å²) in [7, 11) is 6.49. The van der Waals surface area contributed by atoms with Gasteiger partial charge in [0.25, 0.3) is 0 Å². The highest BCUT2D eigenvalue weighted by Crippen LogP contribution is 2.24. The summed E-state index contributed by atoms with van der Waals surface area (Å²) in [4.78, 5) is 5.88. The van der Waals surface area contributed by atoms with Gasteiger partial charge in [-0.1, -0.05) is 12.1 Å². The highest BCUT2D eigenvalue weighted by molar-refractivity contribution is 14.0. The van der Waals surface area contributed by atoms with E-state index in [9.17, 15) is 13.2 Å². The van der Waals surface area contributed by atoms with Crippen LogP contribution in [0, 0.1) is 17.5 Å². The summed E-state index contributed by atoms with van der Waals surface area (Å²) in [6, 6.07) is 7.70. The molecule has 0 spiro atoms. The van der Waals surface area contributed by atoms with Crippen LogP contribution in [0.1, 0.15) is 30.1 Å². The lowest BCUT2D eigenvalue weighted by Crippen LogP contribution is -2.43. The second kappa shape index (κ2) is 12.0. The molecular formula is C21H28F3IN4O. The van der Waals surface area contributed by atoms with E-state index in [0.29, 0.717) is 11.5 Å². The zero-order chi connectivity index (χ0) is 21.6. The maximum atomic E-state index is 14.2. The average molecular weight is 536 g/mol. The molecule has 0 amide bonds. The molecule has 2 unspecified atom stereocenters. The first-order valence-electron chi connectivity index (χ1n) is 9.19. The Balaban J connectivity index is 0.00000450. The summed E-state index contributed by atoms with van der Waals surface area (Å²) in [5.41, 5.74) is 0.696. The predicted octanol–water partition coefficient (Wildman–Crippen LogP) is 4.26. The van der Waals surface area contributed by atoms with Gasteiger partial charge in [0.1, 0.15) is 11.6 Å². The second-order valence-corrected chi connectivity index (χ2v) is 6.83. The number of ether oxygens (including phenoxy) is 1. The number of methoxy groups -OCH3 is 1. The molecule has 0 aliphatic heterocycles. The smallest absolute Gasteiger partial charge is 0.191 e. The number of nitrogens with zero attached hydrogens (tertiary/aromatic N) is 2. The van der Waals surface area contributed by atoms with Crippen molar-refractivity contribution in [2.75, 3.05) is 34.8 Å². The molecule has 0 aliphatic rings. The van der Waals surface area contributed by atoms with Crippen molar-refractivity contribution in [3.8, 4) is 5.75 Å². The van der Waals surface area contributed by atoms with Crippen LogP contribution in [0.15, 0.2) is 41.4 Å². The van der Waals surface area contributed by atoms with Gasteiger partial charge in [-0.25, -0.2) is 13.2 Å². The van der Waals surface area contributed by atoms with Crippen LogP contribution in [0.25, 0.3) is 0 Å². The van der Waals surface area contributed by atoms with Crippen molar-refractivity contribution < 1.29 is 17.9 Å². The van der Waals surface area contributed by atoms with Gasteiger partial charge < -0.3 is 20.3 Å². The minimum absolute atomic E-state index is 0. The summed E-state index contributed by atoms with van der Waals surface area (Å²) >= 11 is 0. The fourth-order valence-electron chi connectivity index (χ4n) is 3.00. The Kier molecular flexibility index (Phi) is 10.4. The molecule has 0 heterocycles. The monoisotopic (exact) mass is 536 g/mol. The van der Waals surface area contributed by atoms with E-state index in [1.807, 2.05) is 6.92 Å². The zero-order valence-electron chi connectivity index (χ0n) is 17.7. The molecule has 0 bridgehead atoms. The van der Waals surface area contributed by atoms with Gasteiger partial charge in [-0.3, -0.25) is 4.99 Å². The van der Waals surface area contributed by atoms with Crippen LogP contribution in [0.3, 0.4) is 0 Å². The maximum absolute atomic E-state index is 14.2. The highest BCUT2D eigenvalue weighted by Gasteiger charge is 2.22. The Morgan fingerprint density at radius 1 is 1.10 bits per heavy atom. The van der Waals surface area contributed by atoms with Crippen molar-refractivity contribution in [1.82, 2.24) is 15.5 Å². The summed E-state index contributed by atoms with van der Waals surface area (Å²) in [5.74, 6) is -1.06. The Labute approximate surface area is 192 Å². The number of nitrogens with one attached hydrogen (secondary N) is 2. The molecule has 0 aromatic heterocycles. The zero-order valence-corrected chi connectivity index (χ0v) is 20.0. The van der Waals surface area contributed by atoms with Gasteiger partial charge in [-0.2, -0.15) is 0 Å². The van der Waals surface area contributed by atoms with Gasteiger partial charge in [-0.15, -0.1) is 24.0 Å². The Morgan fingerprint density at radius 2 is 1.73 bits per heavy atom. The summed E-state index contributed by atoms with van der Waals surface area (Å²) in [6.45, 7) is 2.07. The lowest BCUT2D eigenvalue weighted by Gasteiger charge is -2.27. The maximum Gasteiger partial charge on any atom is 0.191 e. The lowest BCUT2D eigenvalue weighted by molar-refractivity contribution is 0.282. The first kappa shape index (κ1) is 26.0. The van der Waals surface area contributed by atoms with Gasteiger partial charge >= 0.3 is 0 Å². The molecule has 0 saturated carbocycles. The molecular weight excluding hydrogens is 508 g/mol. The van der Waals surface area contributed by atoms with Gasteiger partial charge in [0.05, 0.1) is 19.2 Å². The minimum Gasteiger partial charge on any atom is -0.494 e. The quantitative estimate of drug-likeness (QED) is 0.316. The van der Waals surface area contributed by atoms with Crippen molar-refractivity contribution in [2.24, 2.45) is 4.99 Å². The fourth-order valence-corrected chi connectivity index (χ4v) is 3.00. The second-order valence-electron chi connectivity index (χ2n) is 6.83. The van der Waals surface area contributed by atoms with Crippen LogP contribution in [-0.2, 0) is 0 Å². The Bertz CT molecular complexity index is 844. The van der Waals surface area contributed by atoms with Crippen LogP contribution < -0.4 is 15.4 Å². The van der Waals surface area contributed by atoms with Crippen LogP contribution in [-0.4, -0.2) is 45.7 Å². The molecule has 2 N–H and O–H groups in total. The van der Waals surface area contributed by atoms with E-state index in [2.05, 4.69) is 15.6 Å². The summed E-state index contributed by atoms with van der Waals surface area (Å²) in [5, 5.41) is 6.24. The van der Waals surface area contributed by atoms with Crippen molar-refractivity contribution in [1.29, 1.82) is 0 Å². The summed E-state index contributed by atoms with van der Waals surface area (Å²) < 4.78 is 47.3. The Morgan fingerprint density at radius 3 is 2.23 bits per heavy atom. The van der Waals surface area contributed by atoms with Gasteiger partial charge in [-0.05, 0) is 50.8 Å². The normalized spacial score (nSPS) is 13.4. The Hall–Kier alpha value is -2.01. The van der Waals surface area contributed by atoms with Crippen LogP contribution >= 0.6 is 24.0 Å². The van der Waals surface area contributed by atoms with Crippen LogP contribution in [0.5, 0.6) is 5.75 Å². The van der Waals surface area contributed by atoms with Crippen molar-refractivity contribution in [3.05, 3.63) is 65.0 Å². The molecule has 5 nitrogen and oxygen atoms in total. The molecule has 0 radical (unpaired) electrons. The van der Waals surface area contributed by atoms with E-state index in [1.165, 1.54) is 31.4 Å². The third-order valence-electron chi connectivity index (χ3n) is 4.67. The van der Waals surface area contributed by atoms with E-state index in [-0.39, 0.29) is 47.9 Å². The first-order valence-corrected chi connectivity index (χ1v) is 9.19. The van der Waals surface area contributed by atoms with E-state index < -0.39 is 23.5 Å². The standard InChI is InChI=1S/C21H27F3N4O.HI/c1-13(14-9-10-19(29-5)17(24)11-14)27-21(25-2)26-12-18(28(3)4)20-15(22)7-6-8-16(20)23;/h6-11,13,18H,12H2,1-5H3,(H2,25,26,27);1H. The number of likely N-dealkylation sites (N-methyl/N-ethyl adjacent to an activating group) is 1. The molecule has 2 aromatic rings. The molecule has 2 atom stereocenters. The van der Waals surface area contributed by atoms with Gasteiger partial charge in [0, 0.05) is 19.2 Å². The van der Waals surface area contributed by atoms with Crippen molar-refractivity contribution in [3.63, 3.8) is 0 Å². The predicted molar refractivity (Wildman–Crippen MR) is 124 cm³/mol. The molecule has 9 heteroatoms. The van der Waals surface area contributed by atoms with E-state index in [1.54, 1.807) is 38.2 Å². The summed E-state index contributed by atoms with van der Waals surface area (Å²) in [6.07, 6.45) is 0. The average Bonchev–Trinajstić information content (AvgIpc) is 2.68. The molecule has 30 heavy (non-hydrogen) atoms. The number of aliphatic imine (C=N–C) groups is 1. The highest BCUT2D eigenvalue weighted by atomic mass is 127. The number of halogens is 4. The fraction of sp³-hybridized carbons (Fsp3) is 0.381. The molecule has 166 valence electrons. The van der Waals surface area contributed by atoms with Gasteiger partial charge in [0.15, 0.2) is 17.5 Å². The van der Waals surface area contributed by atoms with Crippen LogP contribution in [0.4, 0.5) is 13.2 Å². The van der Waals surface area contributed by atoms with Crippen LogP contribution in [0.2, 0.25) is 0 Å². The van der Waals surface area contributed by atoms with E-state index in [4.69, 9.17) is 4.74 Å². The third kappa shape index (κ3) is 6.49. The van der Waals surface area contributed by atoms with Gasteiger partial charge in [0.2, 0.25) is 0 Å².